The molecule has 6 N–H and O–H groups in total. The van der Waals surface area contributed by atoms with Crippen LogP contribution in [0.5, 0.6) is 0 Å². The van der Waals surface area contributed by atoms with E-state index in [1.54, 1.807) is 0 Å². The van der Waals surface area contributed by atoms with Crippen LogP contribution in [-0.4, -0.2) is 33.1 Å². The second kappa shape index (κ2) is 29.9. The Bertz CT molecular complexity index is 96.5. The van der Waals surface area contributed by atoms with Gasteiger partial charge in [0.15, 0.2) is 0 Å². The Morgan fingerprint density at radius 2 is 0.833 bits per heavy atom. The molecule has 0 aromatic carbocycles. The molecule has 0 radical (unpaired) electrons. The predicted molar refractivity (Wildman–Crippen MR) is 26.9 cm³/mol. The molecule has 58 valence electrons. The SMILES string of the molecule is O.O.O=C(O)C(=O)O.[H-].[H-].[H-].[H-].[K+].[K+].[K+].[K+]. The van der Waals surface area contributed by atoms with Gasteiger partial charge in [0, 0.05) is 0 Å². The molecule has 0 saturated heterocycles. The number of carboxylic acids is 2. The summed E-state index contributed by atoms with van der Waals surface area (Å²) in [5, 5.41) is 14.8. The molecule has 0 aromatic rings. The van der Waals surface area contributed by atoms with E-state index < -0.39 is 11.9 Å². The molecule has 0 aliphatic heterocycles. The first-order chi connectivity index (χ1) is 2.64. The Morgan fingerprint density at radius 3 is 0.833 bits per heavy atom. The number of rotatable bonds is 0. The summed E-state index contributed by atoms with van der Waals surface area (Å²) in [7, 11) is 0. The van der Waals surface area contributed by atoms with E-state index in [2.05, 4.69) is 0 Å². The van der Waals surface area contributed by atoms with Crippen molar-refractivity contribution in [2.45, 2.75) is 0 Å². The Labute approximate surface area is 246 Å². The third kappa shape index (κ3) is 36.1. The van der Waals surface area contributed by atoms with Crippen molar-refractivity contribution in [3.63, 3.8) is 0 Å². The molecule has 0 amide bonds. The van der Waals surface area contributed by atoms with E-state index in [1.165, 1.54) is 0 Å². The van der Waals surface area contributed by atoms with Crippen LogP contribution in [0.1, 0.15) is 5.71 Å². The first-order valence-corrected chi connectivity index (χ1v) is 1.11. The first kappa shape index (κ1) is 43.3. The van der Waals surface area contributed by atoms with Crippen LogP contribution >= 0.6 is 0 Å². The zero-order chi connectivity index (χ0) is 5.15. The minimum Gasteiger partial charge on any atom is -1.00 e. The second-order valence-electron chi connectivity index (χ2n) is 0.610. The van der Waals surface area contributed by atoms with E-state index in [0.29, 0.717) is 0 Å². The van der Waals surface area contributed by atoms with Crippen molar-refractivity contribution in [3.05, 3.63) is 0 Å². The van der Waals surface area contributed by atoms with E-state index in [1.807, 2.05) is 0 Å². The molecule has 10 heteroatoms. The van der Waals surface area contributed by atoms with Gasteiger partial charge in [-0.15, -0.1) is 0 Å². The summed E-state index contributed by atoms with van der Waals surface area (Å²) in [5.74, 6) is -3.65. The van der Waals surface area contributed by atoms with Crippen LogP contribution in [0.25, 0.3) is 0 Å². The fourth-order valence-electron chi connectivity index (χ4n) is 0. The van der Waals surface area contributed by atoms with Gasteiger partial charge in [0.25, 0.3) is 0 Å². The molecular formula is C2H10K4O6. The summed E-state index contributed by atoms with van der Waals surface area (Å²) in [4.78, 5) is 18.2. The average molecular weight is 286 g/mol. The van der Waals surface area contributed by atoms with E-state index in [0.717, 1.165) is 0 Å². The molecule has 0 unspecified atom stereocenters. The smallest absolute Gasteiger partial charge is 1.00 e. The van der Waals surface area contributed by atoms with Crippen molar-refractivity contribution in [1.29, 1.82) is 0 Å². The Kier molecular flexibility index (Phi) is 108. The molecular weight excluding hydrogens is 276 g/mol. The van der Waals surface area contributed by atoms with Crippen LogP contribution in [0, 0.1) is 0 Å². The first-order valence-electron chi connectivity index (χ1n) is 1.11. The monoisotopic (exact) mass is 286 g/mol. The van der Waals surface area contributed by atoms with Crippen LogP contribution < -0.4 is 206 Å². The van der Waals surface area contributed by atoms with Crippen LogP contribution in [-0.2, 0) is 9.59 Å². The summed E-state index contributed by atoms with van der Waals surface area (Å²) in [6.45, 7) is 0. The maximum Gasteiger partial charge on any atom is 1.00 e. The summed E-state index contributed by atoms with van der Waals surface area (Å²) >= 11 is 0. The van der Waals surface area contributed by atoms with Crippen molar-refractivity contribution in [2.24, 2.45) is 0 Å². The zero-order valence-corrected chi connectivity index (χ0v) is 20.2. The summed E-state index contributed by atoms with van der Waals surface area (Å²) in [5.41, 5.74) is 0. The van der Waals surface area contributed by atoms with Crippen LogP contribution in [0.2, 0.25) is 0 Å². The molecule has 12 heavy (non-hydrogen) atoms. The number of aliphatic carboxylic acids is 2. The van der Waals surface area contributed by atoms with Gasteiger partial charge in [0.2, 0.25) is 0 Å². The largest absolute Gasteiger partial charge is 1.00 e. The fraction of sp³-hybridized carbons (Fsp3) is 0. The van der Waals surface area contributed by atoms with Gasteiger partial charge < -0.3 is 26.9 Å². The molecule has 0 spiro atoms. The van der Waals surface area contributed by atoms with Crippen molar-refractivity contribution in [3.8, 4) is 0 Å². The van der Waals surface area contributed by atoms with Gasteiger partial charge >= 0.3 is 217 Å². The van der Waals surface area contributed by atoms with Gasteiger partial charge in [-0.2, -0.15) is 0 Å². The van der Waals surface area contributed by atoms with Gasteiger partial charge in [-0.25, -0.2) is 9.59 Å². The van der Waals surface area contributed by atoms with Crippen LogP contribution in [0.3, 0.4) is 0 Å². The molecule has 0 aliphatic carbocycles. The van der Waals surface area contributed by atoms with E-state index in [9.17, 15) is 0 Å². The fourth-order valence-corrected chi connectivity index (χ4v) is 0. The van der Waals surface area contributed by atoms with E-state index in [4.69, 9.17) is 19.8 Å². The Morgan fingerprint density at radius 1 is 0.750 bits per heavy atom. The number of hydrogen-bond donors (Lipinski definition) is 2. The zero-order valence-electron chi connectivity index (χ0n) is 11.7. The molecule has 0 aliphatic rings. The van der Waals surface area contributed by atoms with Gasteiger partial charge in [-0.05, 0) is 0 Å². The Hall–Kier alpha value is 5.41. The predicted octanol–water partition coefficient (Wildman–Crippen LogP) is -14.0. The maximum absolute atomic E-state index is 9.10. The molecule has 0 heterocycles. The third-order valence-corrected chi connectivity index (χ3v) is 0.183. The van der Waals surface area contributed by atoms with Gasteiger partial charge in [0.1, 0.15) is 0 Å². The Balaban J connectivity index is -0.00000000278. The molecule has 0 saturated carbocycles. The third-order valence-electron chi connectivity index (χ3n) is 0.183. The van der Waals surface area contributed by atoms with Crippen molar-refractivity contribution < 1.29 is 242 Å². The van der Waals surface area contributed by atoms with Crippen molar-refractivity contribution in [2.75, 3.05) is 0 Å². The minimum absolute atomic E-state index is 0. The van der Waals surface area contributed by atoms with E-state index >= 15 is 0 Å². The van der Waals surface area contributed by atoms with Gasteiger partial charge in [-0.3, -0.25) is 0 Å². The summed E-state index contributed by atoms with van der Waals surface area (Å²) in [6, 6.07) is 0. The molecule has 0 fully saturated rings. The van der Waals surface area contributed by atoms with Crippen LogP contribution in [0.15, 0.2) is 0 Å². The average Bonchev–Trinajstić information content (AvgIpc) is 1.36. The quantitative estimate of drug-likeness (QED) is 0.337. The normalized spacial score (nSPS) is 3.67. The summed E-state index contributed by atoms with van der Waals surface area (Å²) in [6.07, 6.45) is 0. The molecule has 0 rings (SSSR count). The van der Waals surface area contributed by atoms with Crippen molar-refractivity contribution in [1.82, 2.24) is 0 Å². The number of carboxylic acid groups (broad SMARTS) is 2. The second-order valence-corrected chi connectivity index (χ2v) is 0.610. The topological polar surface area (TPSA) is 138 Å². The summed E-state index contributed by atoms with van der Waals surface area (Å²) < 4.78 is 0. The molecule has 0 bridgehead atoms. The molecule has 0 aromatic heterocycles. The molecule has 0 atom stereocenters. The minimum atomic E-state index is -1.82. The van der Waals surface area contributed by atoms with E-state index in [-0.39, 0.29) is 222 Å². The molecule has 6 nitrogen and oxygen atoms in total. The number of hydrogen-bond acceptors (Lipinski definition) is 2. The van der Waals surface area contributed by atoms with Gasteiger partial charge in [-0.1, -0.05) is 0 Å². The standard InChI is InChI=1S/C2H2O4.4K.2H2O.4H/c3-1(4)2(5)6;;;;;;;;;;/h(H,3,4)(H,5,6);;;;;2*1H2;;;;/q;4*+1;;;4*-1. The van der Waals surface area contributed by atoms with Crippen molar-refractivity contribution >= 4 is 11.9 Å². The van der Waals surface area contributed by atoms with Gasteiger partial charge in [0.05, 0.1) is 0 Å². The van der Waals surface area contributed by atoms with Crippen LogP contribution in [0.4, 0.5) is 0 Å². The maximum atomic E-state index is 9.10. The number of carbonyl (C=O) groups is 2.